The molecule has 0 saturated carbocycles. The molecule has 0 fully saturated rings. The van der Waals surface area contributed by atoms with Crippen molar-refractivity contribution in [2.75, 3.05) is 0 Å². The number of carbonyl (C=O) groups is 1. The summed E-state index contributed by atoms with van der Waals surface area (Å²) in [5, 5.41) is 18.3. The van der Waals surface area contributed by atoms with E-state index in [1.807, 2.05) is 6.92 Å². The zero-order valence-corrected chi connectivity index (χ0v) is 7.40. The molecule has 70 valence electrons. The Morgan fingerprint density at radius 1 is 1.46 bits per heavy atom. The highest BCUT2D eigenvalue weighted by atomic mass is 16.4. The topological polar surface area (TPSA) is 57.5 Å². The van der Waals surface area contributed by atoms with Crippen LogP contribution in [-0.2, 0) is 0 Å². The maximum Gasteiger partial charge on any atom is 0.336 e. The van der Waals surface area contributed by atoms with Crippen molar-refractivity contribution in [1.82, 2.24) is 0 Å². The summed E-state index contributed by atoms with van der Waals surface area (Å²) in [6, 6.07) is 6.50. The third-order valence-corrected chi connectivity index (χ3v) is 1.94. The van der Waals surface area contributed by atoms with Crippen LogP contribution < -0.4 is 0 Å². The molecule has 13 heavy (non-hydrogen) atoms. The lowest BCUT2D eigenvalue weighted by Gasteiger charge is -2.10. The van der Waals surface area contributed by atoms with Gasteiger partial charge in [0, 0.05) is 0 Å². The summed E-state index contributed by atoms with van der Waals surface area (Å²) in [6.45, 7) is 1.81. The van der Waals surface area contributed by atoms with Crippen molar-refractivity contribution >= 4 is 5.97 Å². The van der Waals surface area contributed by atoms with Crippen LogP contribution in [0.25, 0.3) is 0 Å². The maximum atomic E-state index is 10.7. The van der Waals surface area contributed by atoms with E-state index in [0.717, 1.165) is 0 Å². The van der Waals surface area contributed by atoms with E-state index in [4.69, 9.17) is 5.11 Å². The number of aromatic carboxylic acids is 1. The van der Waals surface area contributed by atoms with Crippen LogP contribution in [0.15, 0.2) is 24.3 Å². The van der Waals surface area contributed by atoms with Gasteiger partial charge in [-0.2, -0.15) is 0 Å². The molecule has 0 aliphatic heterocycles. The molecule has 3 heteroatoms. The first kappa shape index (κ1) is 9.74. The maximum absolute atomic E-state index is 10.7. The molecule has 1 aromatic carbocycles. The average molecular weight is 180 g/mol. The van der Waals surface area contributed by atoms with Crippen molar-refractivity contribution in [3.63, 3.8) is 0 Å². The van der Waals surface area contributed by atoms with Crippen LogP contribution in [0.4, 0.5) is 0 Å². The van der Waals surface area contributed by atoms with Crippen LogP contribution in [-0.4, -0.2) is 16.2 Å². The van der Waals surface area contributed by atoms with E-state index in [-0.39, 0.29) is 5.56 Å². The Labute approximate surface area is 76.6 Å². The standard InChI is InChI=1S/C10H12O3/c1-2-9(11)7-5-3-4-6-8(7)10(12)13/h3-6,9,11H,2H2,1H3,(H,12,13). The molecule has 1 atom stereocenters. The molecule has 0 bridgehead atoms. The van der Waals surface area contributed by atoms with E-state index >= 15 is 0 Å². The molecule has 0 aromatic heterocycles. The van der Waals surface area contributed by atoms with E-state index < -0.39 is 12.1 Å². The average Bonchev–Trinajstić information content (AvgIpc) is 2.16. The monoisotopic (exact) mass is 180 g/mol. The van der Waals surface area contributed by atoms with Gasteiger partial charge in [0.2, 0.25) is 0 Å². The molecule has 0 saturated heterocycles. The number of rotatable bonds is 3. The summed E-state index contributed by atoms with van der Waals surface area (Å²) in [5.74, 6) is -0.997. The van der Waals surface area contributed by atoms with Crippen LogP contribution in [0, 0.1) is 0 Å². The highest BCUT2D eigenvalue weighted by Crippen LogP contribution is 2.20. The molecule has 0 aliphatic carbocycles. The first-order chi connectivity index (χ1) is 6.16. The second-order valence-corrected chi connectivity index (χ2v) is 2.82. The van der Waals surface area contributed by atoms with Gasteiger partial charge in [-0.3, -0.25) is 0 Å². The molecule has 0 heterocycles. The van der Waals surface area contributed by atoms with Crippen molar-refractivity contribution in [1.29, 1.82) is 0 Å². The number of carboxylic acid groups (broad SMARTS) is 1. The van der Waals surface area contributed by atoms with Crippen molar-refractivity contribution in [3.8, 4) is 0 Å². The number of aliphatic hydroxyl groups excluding tert-OH is 1. The van der Waals surface area contributed by atoms with E-state index in [1.165, 1.54) is 6.07 Å². The Morgan fingerprint density at radius 2 is 2.08 bits per heavy atom. The Morgan fingerprint density at radius 3 is 2.62 bits per heavy atom. The summed E-state index contributed by atoms with van der Waals surface area (Å²) in [5.41, 5.74) is 0.661. The first-order valence-electron chi connectivity index (χ1n) is 4.17. The van der Waals surface area contributed by atoms with Crippen molar-refractivity contribution < 1.29 is 15.0 Å². The van der Waals surface area contributed by atoms with Gasteiger partial charge in [0.05, 0.1) is 11.7 Å². The lowest BCUT2D eigenvalue weighted by molar-refractivity contribution is 0.0688. The minimum absolute atomic E-state index is 0.178. The minimum atomic E-state index is -0.997. The van der Waals surface area contributed by atoms with Gasteiger partial charge < -0.3 is 10.2 Å². The fourth-order valence-electron chi connectivity index (χ4n) is 1.20. The largest absolute Gasteiger partial charge is 0.478 e. The number of hydrogen-bond acceptors (Lipinski definition) is 2. The second-order valence-electron chi connectivity index (χ2n) is 2.82. The summed E-state index contributed by atoms with van der Waals surface area (Å²) >= 11 is 0. The predicted octanol–water partition coefficient (Wildman–Crippen LogP) is 1.83. The fourth-order valence-corrected chi connectivity index (χ4v) is 1.20. The summed E-state index contributed by atoms with van der Waals surface area (Å²) in [4.78, 5) is 10.7. The van der Waals surface area contributed by atoms with Crippen LogP contribution in [0.5, 0.6) is 0 Å². The SMILES string of the molecule is CCC(O)c1ccccc1C(=O)O. The normalized spacial score (nSPS) is 12.5. The Kier molecular flexibility index (Phi) is 3.03. The molecular formula is C10H12O3. The number of carboxylic acids is 1. The minimum Gasteiger partial charge on any atom is -0.478 e. The van der Waals surface area contributed by atoms with Gasteiger partial charge in [-0.1, -0.05) is 25.1 Å². The zero-order valence-electron chi connectivity index (χ0n) is 7.40. The number of benzene rings is 1. The number of aliphatic hydroxyl groups is 1. The molecule has 0 spiro atoms. The van der Waals surface area contributed by atoms with Gasteiger partial charge in [0.25, 0.3) is 0 Å². The van der Waals surface area contributed by atoms with E-state index in [2.05, 4.69) is 0 Å². The van der Waals surface area contributed by atoms with E-state index in [0.29, 0.717) is 12.0 Å². The molecule has 3 nitrogen and oxygen atoms in total. The quantitative estimate of drug-likeness (QED) is 0.746. The lowest BCUT2D eigenvalue weighted by Crippen LogP contribution is -2.06. The third kappa shape index (κ3) is 2.06. The Hall–Kier alpha value is -1.35. The van der Waals surface area contributed by atoms with Gasteiger partial charge in [0.1, 0.15) is 0 Å². The fraction of sp³-hybridized carbons (Fsp3) is 0.300. The van der Waals surface area contributed by atoms with Crippen LogP contribution >= 0.6 is 0 Å². The van der Waals surface area contributed by atoms with Gasteiger partial charge in [-0.05, 0) is 18.1 Å². The molecular weight excluding hydrogens is 168 g/mol. The summed E-state index contributed by atoms with van der Waals surface area (Å²) in [7, 11) is 0. The van der Waals surface area contributed by atoms with Gasteiger partial charge >= 0.3 is 5.97 Å². The van der Waals surface area contributed by atoms with Crippen molar-refractivity contribution in [2.45, 2.75) is 19.4 Å². The van der Waals surface area contributed by atoms with Crippen LogP contribution in [0.2, 0.25) is 0 Å². The smallest absolute Gasteiger partial charge is 0.336 e. The molecule has 0 radical (unpaired) electrons. The predicted molar refractivity (Wildman–Crippen MR) is 48.7 cm³/mol. The molecule has 1 rings (SSSR count). The third-order valence-electron chi connectivity index (χ3n) is 1.94. The van der Waals surface area contributed by atoms with Crippen LogP contribution in [0.1, 0.15) is 35.4 Å². The van der Waals surface area contributed by atoms with Crippen molar-refractivity contribution in [3.05, 3.63) is 35.4 Å². The molecule has 1 aromatic rings. The highest BCUT2D eigenvalue weighted by molar-refractivity contribution is 5.89. The second kappa shape index (κ2) is 4.05. The van der Waals surface area contributed by atoms with E-state index in [1.54, 1.807) is 18.2 Å². The van der Waals surface area contributed by atoms with Crippen molar-refractivity contribution in [2.24, 2.45) is 0 Å². The van der Waals surface area contributed by atoms with Gasteiger partial charge in [-0.15, -0.1) is 0 Å². The molecule has 0 amide bonds. The lowest BCUT2D eigenvalue weighted by atomic mass is 10.0. The summed E-state index contributed by atoms with van der Waals surface area (Å²) in [6.07, 6.45) is -0.170. The first-order valence-corrected chi connectivity index (χ1v) is 4.17. The van der Waals surface area contributed by atoms with Gasteiger partial charge in [0.15, 0.2) is 0 Å². The summed E-state index contributed by atoms with van der Waals surface area (Å²) < 4.78 is 0. The zero-order chi connectivity index (χ0) is 9.84. The Bertz CT molecular complexity index is 307. The van der Waals surface area contributed by atoms with E-state index in [9.17, 15) is 9.90 Å². The molecule has 0 aliphatic rings. The molecule has 2 N–H and O–H groups in total. The highest BCUT2D eigenvalue weighted by Gasteiger charge is 2.14. The Balaban J connectivity index is 3.11. The van der Waals surface area contributed by atoms with Gasteiger partial charge in [-0.25, -0.2) is 4.79 Å². The molecule has 1 unspecified atom stereocenters. The van der Waals surface area contributed by atoms with Crippen LogP contribution in [0.3, 0.4) is 0 Å². The number of hydrogen-bond donors (Lipinski definition) is 2.